The molecule has 1 heterocycles. The number of rotatable bonds is 3. The van der Waals surface area contributed by atoms with Crippen molar-refractivity contribution in [2.45, 2.75) is 30.5 Å². The van der Waals surface area contributed by atoms with E-state index in [0.29, 0.717) is 0 Å². The Labute approximate surface area is 176 Å². The second-order valence-electron chi connectivity index (χ2n) is 4.90. The largest absolute Gasteiger partial charge is 0.143 e. The van der Waals surface area contributed by atoms with Gasteiger partial charge in [0.2, 0.25) is 0 Å². The van der Waals surface area contributed by atoms with E-state index < -0.39 is 21.0 Å². The van der Waals surface area contributed by atoms with Gasteiger partial charge in [-0.25, -0.2) is 0 Å². The molecule has 1 aromatic heterocycles. The Morgan fingerprint density at radius 2 is 1.26 bits per heavy atom. The van der Waals surface area contributed by atoms with Gasteiger partial charge in [0.25, 0.3) is 0 Å². The van der Waals surface area contributed by atoms with Crippen molar-refractivity contribution >= 4 is 131 Å². The molecule has 0 radical (unpaired) electrons. The Hall–Kier alpha value is 3.62. The molecule has 0 bridgehead atoms. The van der Waals surface area contributed by atoms with Crippen LogP contribution in [0, 0.1) is 0 Å². The molecule has 0 nitrogen and oxygen atoms in total. The summed E-state index contributed by atoms with van der Waals surface area (Å²) in [4.78, 5) is 1.62. The molecule has 1 unspecified atom stereocenters. The van der Waals surface area contributed by atoms with E-state index in [1.807, 2.05) is 0 Å². The molecule has 0 aliphatic carbocycles. The first-order valence-electron chi connectivity index (χ1n) is 5.25. The van der Waals surface area contributed by atoms with Crippen LogP contribution in [0.25, 0.3) is 0 Å². The summed E-state index contributed by atoms with van der Waals surface area (Å²) in [5, 5.41) is 0.919. The summed E-state index contributed by atoms with van der Waals surface area (Å²) in [7, 11) is -2.42. The monoisotopic (exact) mass is 755 g/mol. The lowest BCUT2D eigenvalue weighted by atomic mass is 9.83. The minimum atomic E-state index is -0.830. The summed E-state index contributed by atoms with van der Waals surface area (Å²) in [6, 6.07) is 0. The van der Waals surface area contributed by atoms with Gasteiger partial charge in [0, 0.05) is 17.0 Å². The van der Waals surface area contributed by atoms with Gasteiger partial charge in [0.15, 0.2) is 0 Å². The first-order valence-corrected chi connectivity index (χ1v) is 20.0. The highest BCUT2D eigenvalue weighted by molar-refractivity contribution is 9.29. The molecule has 0 N–H and O–H groups in total. The van der Waals surface area contributed by atoms with Crippen LogP contribution in [0.4, 0.5) is 0 Å². The fraction of sp³-hybridized carbons (Fsp3) is 0.667. The Morgan fingerprint density at radius 1 is 0.895 bits per heavy atom. The van der Waals surface area contributed by atoms with Crippen molar-refractivity contribution in [1.82, 2.24) is 0 Å². The molecular formula is C9H11Br7Si3. The SMILES string of the molecule is CC(Br)(CBr)C(C)(C)c1[si](Br)c(Br)[si](Br)c(Br)[si]1Br. The van der Waals surface area contributed by atoms with E-state index in [-0.39, 0.29) is 9.74 Å². The van der Waals surface area contributed by atoms with Gasteiger partial charge in [-0.3, -0.25) is 0 Å². The fourth-order valence-electron chi connectivity index (χ4n) is 1.58. The second kappa shape index (κ2) is 7.67. The summed E-state index contributed by atoms with van der Waals surface area (Å²) in [6.07, 6.45) is 0. The smallest absolute Gasteiger partial charge is 0.0927 e. The van der Waals surface area contributed by atoms with Crippen LogP contribution in [0.3, 0.4) is 0 Å². The number of alkyl halides is 2. The maximum absolute atomic E-state index is 3.99. The molecule has 10 heteroatoms. The first-order chi connectivity index (χ1) is 8.49. The molecule has 0 spiro atoms. The Balaban J connectivity index is 3.70. The van der Waals surface area contributed by atoms with Crippen molar-refractivity contribution < 1.29 is 0 Å². The molecule has 0 aromatic carbocycles. The van der Waals surface area contributed by atoms with Crippen molar-refractivity contribution in [3.05, 3.63) is 12.2 Å². The van der Waals surface area contributed by atoms with E-state index in [1.165, 1.54) is 7.39 Å². The van der Waals surface area contributed by atoms with E-state index >= 15 is 0 Å². The molecule has 1 atom stereocenters. The minimum Gasteiger partial charge on any atom is -0.0927 e. The first kappa shape index (κ1) is 20.7. The van der Waals surface area contributed by atoms with Crippen LogP contribution in [0.5, 0.6) is 0 Å². The Kier molecular flexibility index (Phi) is 8.34. The van der Waals surface area contributed by atoms with Crippen LogP contribution in [-0.2, 0) is 5.41 Å². The van der Waals surface area contributed by atoms with Crippen LogP contribution >= 0.6 is 110 Å². The minimum absolute atomic E-state index is 0.0276. The highest BCUT2D eigenvalue weighted by Gasteiger charge is 2.43. The molecule has 0 amide bonds. The fourth-order valence-corrected chi connectivity index (χ4v) is 37.1. The third-order valence-electron chi connectivity index (χ3n) is 3.39. The van der Waals surface area contributed by atoms with E-state index in [1.54, 1.807) is 4.79 Å². The summed E-state index contributed by atoms with van der Waals surface area (Å²) in [5.74, 6) is 0. The van der Waals surface area contributed by atoms with Crippen LogP contribution in [0.2, 0.25) is 0 Å². The summed E-state index contributed by atoms with van der Waals surface area (Å²) >= 11 is 27.0. The van der Waals surface area contributed by atoms with Crippen LogP contribution in [0.15, 0.2) is 7.39 Å². The predicted molar refractivity (Wildman–Crippen MR) is 117 cm³/mol. The van der Waals surface area contributed by atoms with E-state index in [0.717, 1.165) is 5.33 Å². The van der Waals surface area contributed by atoms with Crippen molar-refractivity contribution in [2.75, 3.05) is 5.33 Å². The molecule has 108 valence electrons. The zero-order valence-electron chi connectivity index (χ0n) is 10.4. The lowest BCUT2D eigenvalue weighted by Gasteiger charge is -2.41. The predicted octanol–water partition coefficient (Wildman–Crippen LogP) is 6.59. The molecule has 1 rings (SSSR count). The number of hydrogen-bond donors (Lipinski definition) is 0. The van der Waals surface area contributed by atoms with Gasteiger partial charge >= 0.3 is 0 Å². The summed E-state index contributed by atoms with van der Waals surface area (Å²) in [6.45, 7) is 6.93. The normalized spacial score (nSPS) is 15.5. The van der Waals surface area contributed by atoms with Crippen LogP contribution in [0.1, 0.15) is 25.6 Å². The molecule has 0 aliphatic rings. The zero-order valence-corrected chi connectivity index (χ0v) is 24.5. The molecule has 19 heavy (non-hydrogen) atoms. The number of hydrogen-bond acceptors (Lipinski definition) is 0. The number of halogens is 7. The standard InChI is InChI=1S/C9H11Br7Si3/c1-8(2,9(3,13)4-10)5-17(14)6(11)19(16)7(12)18(5)15/h4H2,1-3H3. The van der Waals surface area contributed by atoms with Crippen LogP contribution in [-0.4, -0.2) is 30.7 Å². The van der Waals surface area contributed by atoms with Gasteiger partial charge in [-0.05, 0) is 17.1 Å². The molecule has 0 aliphatic heterocycles. The van der Waals surface area contributed by atoms with Gasteiger partial charge in [-0.1, -0.05) is 123 Å². The third kappa shape index (κ3) is 4.00. The second-order valence-corrected chi connectivity index (χ2v) is 25.2. The topological polar surface area (TPSA) is 0 Å². The van der Waals surface area contributed by atoms with E-state index in [9.17, 15) is 0 Å². The summed E-state index contributed by atoms with van der Waals surface area (Å²) in [5.41, 5.74) is 0.0830. The Morgan fingerprint density at radius 3 is 1.58 bits per heavy atom. The maximum Gasteiger partial charge on any atom is 0.143 e. The van der Waals surface area contributed by atoms with Gasteiger partial charge in [0.05, 0.1) is 0 Å². The van der Waals surface area contributed by atoms with E-state index in [4.69, 9.17) is 0 Å². The molecule has 1 aromatic rings. The van der Waals surface area contributed by atoms with Crippen molar-refractivity contribution in [3.8, 4) is 0 Å². The zero-order chi connectivity index (χ0) is 15.2. The van der Waals surface area contributed by atoms with Gasteiger partial charge < -0.3 is 0 Å². The maximum atomic E-state index is 3.99. The average molecular weight is 763 g/mol. The van der Waals surface area contributed by atoms with Crippen molar-refractivity contribution in [1.29, 1.82) is 0 Å². The molecule has 0 fully saturated rings. The lowest BCUT2D eigenvalue weighted by molar-refractivity contribution is 0.441. The van der Waals surface area contributed by atoms with Crippen molar-refractivity contribution in [3.63, 3.8) is 0 Å². The molecule has 0 saturated heterocycles. The highest BCUT2D eigenvalue weighted by atomic mass is 79.9. The van der Waals surface area contributed by atoms with E-state index in [2.05, 4.69) is 130 Å². The van der Waals surface area contributed by atoms with Gasteiger partial charge in [-0.2, -0.15) is 0 Å². The molecule has 0 saturated carbocycles. The van der Waals surface area contributed by atoms with Crippen LogP contribution < -0.4 is 0 Å². The highest BCUT2D eigenvalue weighted by Crippen LogP contribution is 2.44. The molecular weight excluding hydrogens is 752 g/mol. The lowest BCUT2D eigenvalue weighted by Crippen LogP contribution is -2.45. The third-order valence-corrected chi connectivity index (χ3v) is 39.6. The summed E-state index contributed by atoms with van der Waals surface area (Å²) < 4.78 is 2.87. The van der Waals surface area contributed by atoms with Gasteiger partial charge in [0.1, 0.15) is 21.0 Å². The quantitative estimate of drug-likeness (QED) is 0.186. The van der Waals surface area contributed by atoms with Crippen molar-refractivity contribution in [2.24, 2.45) is 0 Å². The van der Waals surface area contributed by atoms with Gasteiger partial charge in [-0.15, -0.1) is 0 Å². The Bertz CT molecular complexity index is 486. The average Bonchev–Trinajstić information content (AvgIpc) is 2.33.